The summed E-state index contributed by atoms with van der Waals surface area (Å²) in [6.45, 7) is 5.96. The smallest absolute Gasteiger partial charge is 0.167 e. The number of ether oxygens (including phenoxy) is 2. The lowest BCUT2D eigenvalue weighted by atomic mass is 9.98. The molecule has 0 radical (unpaired) electrons. The van der Waals surface area contributed by atoms with Gasteiger partial charge in [-0.05, 0) is 38.6 Å². The topological polar surface area (TPSA) is 35.5 Å². The second kappa shape index (κ2) is 8.18. The molecule has 3 nitrogen and oxygen atoms in total. The average Bonchev–Trinajstić information content (AvgIpc) is 2.46. The Morgan fingerprint density at radius 3 is 2.50 bits per heavy atom. The van der Waals surface area contributed by atoms with E-state index in [2.05, 4.69) is 28.3 Å². The Bertz CT molecular complexity index is 456. The van der Waals surface area contributed by atoms with Gasteiger partial charge in [-0.25, -0.2) is 0 Å². The van der Waals surface area contributed by atoms with Gasteiger partial charge in [0.25, 0.3) is 0 Å². The van der Waals surface area contributed by atoms with Crippen LogP contribution in [0.3, 0.4) is 0 Å². The number of hydrogen-bond donors (Lipinski definition) is 0. The third-order valence-corrected chi connectivity index (χ3v) is 3.83. The zero-order valence-electron chi connectivity index (χ0n) is 12.4. The largest absolute Gasteiger partial charge is 0.491 e. The van der Waals surface area contributed by atoms with Crippen molar-refractivity contribution in [3.05, 3.63) is 47.7 Å². The number of benzene rings is 1. The molecule has 2 unspecified atom stereocenters. The van der Waals surface area contributed by atoms with Gasteiger partial charge in [-0.1, -0.05) is 30.3 Å². The summed E-state index contributed by atoms with van der Waals surface area (Å²) in [7, 11) is 2.73. The van der Waals surface area contributed by atoms with Gasteiger partial charge in [0.15, 0.2) is 5.78 Å². The molecule has 0 saturated carbocycles. The molecule has 0 spiro atoms. The molecule has 0 amide bonds. The fraction of sp³-hybridized carbons (Fsp3) is 0.438. The van der Waals surface area contributed by atoms with Gasteiger partial charge >= 0.3 is 0 Å². The fourth-order valence-corrected chi connectivity index (χ4v) is 2.02. The first-order valence-electron chi connectivity index (χ1n) is 6.66. The van der Waals surface area contributed by atoms with Crippen LogP contribution in [-0.2, 0) is 19.9 Å². The van der Waals surface area contributed by atoms with Crippen LogP contribution in [0.5, 0.6) is 0 Å². The minimum absolute atomic E-state index is 0.0118. The van der Waals surface area contributed by atoms with Crippen LogP contribution in [-0.4, -0.2) is 25.2 Å². The van der Waals surface area contributed by atoms with E-state index in [1.54, 1.807) is 0 Å². The summed E-state index contributed by atoms with van der Waals surface area (Å²) in [6, 6.07) is 10.1. The van der Waals surface area contributed by atoms with E-state index in [0.717, 1.165) is 11.7 Å². The van der Waals surface area contributed by atoms with Crippen LogP contribution < -0.4 is 0 Å². The molecule has 20 heavy (non-hydrogen) atoms. The molecule has 4 heteroatoms. The molecule has 0 fully saturated rings. The summed E-state index contributed by atoms with van der Waals surface area (Å²) in [5, 5.41) is 0. The molecule has 0 aliphatic rings. The molecule has 0 aromatic heterocycles. The number of hydrogen-bond acceptors (Lipinski definition) is 3. The monoisotopic (exact) mass is 294 g/mol. The molecule has 110 valence electrons. The highest BCUT2D eigenvalue weighted by atomic mass is 31.0. The third-order valence-electron chi connectivity index (χ3n) is 3.05. The Morgan fingerprint density at radius 2 is 1.95 bits per heavy atom. The van der Waals surface area contributed by atoms with Crippen molar-refractivity contribution in [1.29, 1.82) is 0 Å². The Balaban J connectivity index is 2.57. The number of carbonyl (C=O) groups is 1. The van der Waals surface area contributed by atoms with Crippen LogP contribution in [0, 0.1) is 0 Å². The number of rotatable bonds is 8. The summed E-state index contributed by atoms with van der Waals surface area (Å²) in [4.78, 5) is 10.8. The Kier molecular flexibility index (Phi) is 6.90. The van der Waals surface area contributed by atoms with Crippen molar-refractivity contribution in [2.24, 2.45) is 0 Å². The first-order chi connectivity index (χ1) is 9.48. The maximum Gasteiger partial charge on any atom is 0.167 e. The molecule has 0 aliphatic heterocycles. The van der Waals surface area contributed by atoms with E-state index >= 15 is 0 Å². The van der Waals surface area contributed by atoms with Crippen molar-refractivity contribution in [2.75, 3.05) is 19.4 Å². The number of carbonyl (C=O) groups excluding carboxylic acids is 1. The van der Waals surface area contributed by atoms with Gasteiger partial charge in [0.2, 0.25) is 0 Å². The lowest BCUT2D eigenvalue weighted by molar-refractivity contribution is -0.120. The highest BCUT2D eigenvalue weighted by Crippen LogP contribution is 2.27. The zero-order valence-corrected chi connectivity index (χ0v) is 13.5. The van der Waals surface area contributed by atoms with E-state index in [4.69, 9.17) is 9.47 Å². The number of ketones is 1. The van der Waals surface area contributed by atoms with Crippen molar-refractivity contribution in [2.45, 2.75) is 26.4 Å². The third kappa shape index (κ3) is 5.44. The SMILES string of the molecule is CC(=O)CO/C(C)=C/COC(C)(CP)c1ccccc1. The second-order valence-corrected chi connectivity index (χ2v) is 5.33. The van der Waals surface area contributed by atoms with Gasteiger partial charge in [-0.15, -0.1) is 9.24 Å². The standard InChI is InChI=1S/C16H23O3P/c1-13(17)11-18-14(2)9-10-19-16(3,12-20)15-7-5-4-6-8-15/h4-9H,10-12,20H2,1-3H3/b14-9+. The molecule has 0 bridgehead atoms. The summed E-state index contributed by atoms with van der Waals surface area (Å²) < 4.78 is 11.3. The normalized spacial score (nSPS) is 14.7. The van der Waals surface area contributed by atoms with Crippen LogP contribution in [0.25, 0.3) is 0 Å². The average molecular weight is 294 g/mol. The molecule has 2 atom stereocenters. The van der Waals surface area contributed by atoms with Crippen molar-refractivity contribution in [3.8, 4) is 0 Å². The first kappa shape index (κ1) is 16.9. The molecular weight excluding hydrogens is 271 g/mol. The van der Waals surface area contributed by atoms with Crippen molar-refractivity contribution >= 4 is 15.0 Å². The van der Waals surface area contributed by atoms with Gasteiger partial charge in [0.05, 0.1) is 18.0 Å². The van der Waals surface area contributed by atoms with Crippen LogP contribution in [0.4, 0.5) is 0 Å². The molecule has 0 saturated heterocycles. The molecule has 1 aromatic carbocycles. The number of Topliss-reactive ketones (excluding diaryl/α,β-unsaturated/α-hetero) is 1. The molecule has 0 heterocycles. The maximum absolute atomic E-state index is 10.8. The van der Waals surface area contributed by atoms with E-state index in [9.17, 15) is 4.79 Å². The van der Waals surface area contributed by atoms with Crippen LogP contribution in [0.2, 0.25) is 0 Å². The van der Waals surface area contributed by atoms with Gasteiger partial charge < -0.3 is 9.47 Å². The summed E-state index contributed by atoms with van der Waals surface area (Å²) in [6.07, 6.45) is 2.66. The molecule has 0 N–H and O–H groups in total. The number of allylic oxidation sites excluding steroid dienone is 1. The van der Waals surface area contributed by atoms with Crippen LogP contribution in [0.1, 0.15) is 26.3 Å². The Morgan fingerprint density at radius 1 is 1.30 bits per heavy atom. The quantitative estimate of drug-likeness (QED) is 0.545. The Hall–Kier alpha value is -1.18. The molecule has 1 rings (SSSR count). The van der Waals surface area contributed by atoms with Crippen molar-refractivity contribution in [3.63, 3.8) is 0 Å². The van der Waals surface area contributed by atoms with Gasteiger partial charge in [-0.2, -0.15) is 0 Å². The van der Waals surface area contributed by atoms with Crippen molar-refractivity contribution in [1.82, 2.24) is 0 Å². The van der Waals surface area contributed by atoms with Crippen molar-refractivity contribution < 1.29 is 14.3 Å². The lowest BCUT2D eigenvalue weighted by Crippen LogP contribution is -2.28. The minimum Gasteiger partial charge on any atom is -0.491 e. The molecule has 1 aromatic rings. The van der Waals surface area contributed by atoms with E-state index in [0.29, 0.717) is 12.4 Å². The highest BCUT2D eigenvalue weighted by Gasteiger charge is 2.24. The summed E-state index contributed by atoms with van der Waals surface area (Å²) in [5.74, 6) is 0.720. The highest BCUT2D eigenvalue weighted by molar-refractivity contribution is 7.16. The fourth-order valence-electron chi connectivity index (χ4n) is 1.67. The minimum atomic E-state index is -0.344. The second-order valence-electron chi connectivity index (χ2n) is 4.92. The van der Waals surface area contributed by atoms with Gasteiger partial charge in [0.1, 0.15) is 6.61 Å². The maximum atomic E-state index is 10.8. The lowest BCUT2D eigenvalue weighted by Gasteiger charge is -2.28. The van der Waals surface area contributed by atoms with Gasteiger partial charge in [-0.3, -0.25) is 4.79 Å². The molecule has 0 aliphatic carbocycles. The Labute approximate surface area is 123 Å². The van der Waals surface area contributed by atoms with E-state index in [1.165, 1.54) is 6.92 Å². The van der Waals surface area contributed by atoms with Crippen LogP contribution >= 0.6 is 9.24 Å². The predicted molar refractivity (Wildman–Crippen MR) is 84.7 cm³/mol. The molecular formula is C16H23O3P. The summed E-state index contributed by atoms with van der Waals surface area (Å²) >= 11 is 0. The predicted octanol–water partition coefficient (Wildman–Crippen LogP) is 3.30. The zero-order chi connectivity index (χ0) is 15.0. The first-order valence-corrected chi connectivity index (χ1v) is 7.48. The van der Waals surface area contributed by atoms with E-state index in [-0.39, 0.29) is 18.0 Å². The van der Waals surface area contributed by atoms with E-state index in [1.807, 2.05) is 31.2 Å². The van der Waals surface area contributed by atoms with Gasteiger partial charge in [0, 0.05) is 0 Å². The van der Waals surface area contributed by atoms with E-state index < -0.39 is 0 Å². The van der Waals surface area contributed by atoms with Crippen LogP contribution in [0.15, 0.2) is 42.2 Å². The summed E-state index contributed by atoms with van der Waals surface area (Å²) in [5.41, 5.74) is 0.800.